The van der Waals surface area contributed by atoms with Crippen molar-refractivity contribution in [3.05, 3.63) is 0 Å². The van der Waals surface area contributed by atoms with Gasteiger partial charge in [0.2, 0.25) is 5.90 Å². The maximum Gasteiger partial charge on any atom is 0.210 e. The average Bonchev–Trinajstić information content (AvgIpc) is 2.20. The van der Waals surface area contributed by atoms with Gasteiger partial charge in [0.15, 0.2) is 0 Å². The molecular formula is C10H19NO2. The van der Waals surface area contributed by atoms with Gasteiger partial charge in [-0.1, -0.05) is 19.3 Å². The van der Waals surface area contributed by atoms with Gasteiger partial charge in [0, 0.05) is 7.11 Å². The Labute approximate surface area is 79.9 Å². The first-order valence-corrected chi connectivity index (χ1v) is 4.94. The minimum atomic E-state index is -0.120. The van der Waals surface area contributed by atoms with Crippen molar-refractivity contribution in [3.63, 3.8) is 0 Å². The lowest BCUT2D eigenvalue weighted by molar-refractivity contribution is 0.0682. The molecule has 1 unspecified atom stereocenters. The van der Waals surface area contributed by atoms with Crippen molar-refractivity contribution in [1.82, 2.24) is 0 Å². The molecule has 76 valence electrons. The SMILES string of the molecule is COC(=N)C(OC)C1CCCCC1. The molecule has 1 aliphatic carbocycles. The highest BCUT2D eigenvalue weighted by Gasteiger charge is 2.27. The van der Waals surface area contributed by atoms with Crippen molar-refractivity contribution in [2.24, 2.45) is 5.92 Å². The monoisotopic (exact) mass is 185 g/mol. The maximum absolute atomic E-state index is 7.58. The van der Waals surface area contributed by atoms with Crippen LogP contribution < -0.4 is 0 Å². The Morgan fingerprint density at radius 1 is 1.23 bits per heavy atom. The van der Waals surface area contributed by atoms with E-state index in [0.717, 1.165) is 0 Å². The fraction of sp³-hybridized carbons (Fsp3) is 0.900. The Morgan fingerprint density at radius 3 is 2.31 bits per heavy atom. The summed E-state index contributed by atoms with van der Waals surface area (Å²) in [5.74, 6) is 0.764. The van der Waals surface area contributed by atoms with Crippen LogP contribution in [0.1, 0.15) is 32.1 Å². The summed E-state index contributed by atoms with van der Waals surface area (Å²) >= 11 is 0. The van der Waals surface area contributed by atoms with Crippen LogP contribution in [0.15, 0.2) is 0 Å². The number of rotatable bonds is 3. The Morgan fingerprint density at radius 2 is 1.85 bits per heavy atom. The molecule has 1 saturated carbocycles. The summed E-state index contributed by atoms with van der Waals surface area (Å²) in [4.78, 5) is 0. The summed E-state index contributed by atoms with van der Waals surface area (Å²) in [7, 11) is 3.20. The molecule has 0 aliphatic heterocycles. The van der Waals surface area contributed by atoms with Crippen molar-refractivity contribution >= 4 is 5.90 Å². The summed E-state index contributed by atoms with van der Waals surface area (Å²) in [6.07, 6.45) is 6.08. The van der Waals surface area contributed by atoms with Crippen LogP contribution in [0.4, 0.5) is 0 Å². The Bertz CT molecular complexity index is 164. The van der Waals surface area contributed by atoms with Gasteiger partial charge in [-0.05, 0) is 18.8 Å². The third-order valence-electron chi connectivity index (χ3n) is 2.81. The van der Waals surface area contributed by atoms with Crippen molar-refractivity contribution < 1.29 is 9.47 Å². The molecule has 3 heteroatoms. The van der Waals surface area contributed by atoms with E-state index in [2.05, 4.69) is 0 Å². The number of nitrogens with one attached hydrogen (secondary N) is 1. The van der Waals surface area contributed by atoms with E-state index < -0.39 is 0 Å². The third kappa shape index (κ3) is 2.69. The van der Waals surface area contributed by atoms with E-state index in [-0.39, 0.29) is 12.0 Å². The Balaban J connectivity index is 2.48. The van der Waals surface area contributed by atoms with Gasteiger partial charge in [0.05, 0.1) is 7.11 Å². The van der Waals surface area contributed by atoms with Crippen LogP contribution in [0.25, 0.3) is 0 Å². The molecule has 0 saturated heterocycles. The molecule has 0 aromatic rings. The highest BCUT2D eigenvalue weighted by molar-refractivity contribution is 5.77. The van der Waals surface area contributed by atoms with Crippen LogP contribution in [0.2, 0.25) is 0 Å². The van der Waals surface area contributed by atoms with Gasteiger partial charge in [-0.25, -0.2) is 0 Å². The van der Waals surface area contributed by atoms with Crippen LogP contribution in [0.3, 0.4) is 0 Å². The molecule has 0 radical (unpaired) electrons. The lowest BCUT2D eigenvalue weighted by Crippen LogP contribution is -2.33. The lowest BCUT2D eigenvalue weighted by atomic mass is 9.85. The number of methoxy groups -OCH3 is 2. The summed E-state index contributed by atoms with van der Waals surface area (Å²) in [6, 6.07) is 0. The summed E-state index contributed by atoms with van der Waals surface area (Å²) < 4.78 is 10.2. The second-order valence-electron chi connectivity index (χ2n) is 3.62. The van der Waals surface area contributed by atoms with E-state index in [1.54, 1.807) is 7.11 Å². The van der Waals surface area contributed by atoms with Gasteiger partial charge in [-0.3, -0.25) is 5.41 Å². The van der Waals surface area contributed by atoms with E-state index in [0.29, 0.717) is 5.92 Å². The Hall–Kier alpha value is -0.570. The van der Waals surface area contributed by atoms with Gasteiger partial charge in [0.25, 0.3) is 0 Å². The van der Waals surface area contributed by atoms with Crippen LogP contribution in [0, 0.1) is 11.3 Å². The predicted molar refractivity (Wildman–Crippen MR) is 52.1 cm³/mol. The third-order valence-corrected chi connectivity index (χ3v) is 2.81. The fourth-order valence-corrected chi connectivity index (χ4v) is 2.07. The molecule has 0 bridgehead atoms. The summed E-state index contributed by atoms with van der Waals surface area (Å²) in [5.41, 5.74) is 0. The highest BCUT2D eigenvalue weighted by atomic mass is 16.5. The van der Waals surface area contributed by atoms with Crippen LogP contribution >= 0.6 is 0 Å². The van der Waals surface area contributed by atoms with E-state index in [9.17, 15) is 0 Å². The minimum Gasteiger partial charge on any atom is -0.483 e. The second kappa shape index (κ2) is 5.22. The zero-order valence-electron chi connectivity index (χ0n) is 8.51. The van der Waals surface area contributed by atoms with Crippen molar-refractivity contribution in [3.8, 4) is 0 Å². The molecule has 0 aromatic carbocycles. The van der Waals surface area contributed by atoms with Gasteiger partial charge in [0.1, 0.15) is 6.10 Å². The van der Waals surface area contributed by atoms with Gasteiger partial charge in [-0.2, -0.15) is 0 Å². The predicted octanol–water partition coefficient (Wildman–Crippen LogP) is 2.21. The number of ether oxygens (including phenoxy) is 2. The molecule has 1 atom stereocenters. The maximum atomic E-state index is 7.58. The second-order valence-corrected chi connectivity index (χ2v) is 3.62. The molecule has 1 rings (SSSR count). The molecule has 0 aromatic heterocycles. The Kier molecular flexibility index (Phi) is 4.22. The van der Waals surface area contributed by atoms with Crippen molar-refractivity contribution in [2.75, 3.05) is 14.2 Å². The zero-order valence-corrected chi connectivity index (χ0v) is 8.51. The molecule has 0 amide bonds. The zero-order chi connectivity index (χ0) is 9.68. The van der Waals surface area contributed by atoms with Crippen molar-refractivity contribution in [1.29, 1.82) is 5.41 Å². The van der Waals surface area contributed by atoms with E-state index in [4.69, 9.17) is 14.9 Å². The fourth-order valence-electron chi connectivity index (χ4n) is 2.07. The molecule has 1 aliphatic rings. The first kappa shape index (κ1) is 10.5. The van der Waals surface area contributed by atoms with Gasteiger partial charge in [-0.15, -0.1) is 0 Å². The van der Waals surface area contributed by atoms with E-state index >= 15 is 0 Å². The van der Waals surface area contributed by atoms with Crippen molar-refractivity contribution in [2.45, 2.75) is 38.2 Å². The lowest BCUT2D eigenvalue weighted by Gasteiger charge is -2.28. The van der Waals surface area contributed by atoms with Crippen LogP contribution in [-0.4, -0.2) is 26.2 Å². The molecule has 1 N–H and O–H groups in total. The molecule has 1 fully saturated rings. The molecule has 13 heavy (non-hydrogen) atoms. The van der Waals surface area contributed by atoms with Gasteiger partial charge < -0.3 is 9.47 Å². The molecule has 3 nitrogen and oxygen atoms in total. The van der Waals surface area contributed by atoms with E-state index in [1.807, 2.05) is 0 Å². The minimum absolute atomic E-state index is 0.120. The highest BCUT2D eigenvalue weighted by Crippen LogP contribution is 2.28. The quantitative estimate of drug-likeness (QED) is 0.541. The number of hydrogen-bond donors (Lipinski definition) is 1. The topological polar surface area (TPSA) is 42.3 Å². The average molecular weight is 185 g/mol. The first-order chi connectivity index (χ1) is 6.29. The standard InChI is InChI=1S/C10H19NO2/c1-12-9(10(11)13-2)8-6-4-3-5-7-8/h8-9,11H,3-7H2,1-2H3. The summed E-state index contributed by atoms with van der Waals surface area (Å²) in [6.45, 7) is 0. The largest absolute Gasteiger partial charge is 0.483 e. The van der Waals surface area contributed by atoms with Crippen LogP contribution in [-0.2, 0) is 9.47 Å². The molecule has 0 heterocycles. The smallest absolute Gasteiger partial charge is 0.210 e. The van der Waals surface area contributed by atoms with Gasteiger partial charge >= 0.3 is 0 Å². The molecule has 0 spiro atoms. The first-order valence-electron chi connectivity index (χ1n) is 4.94. The van der Waals surface area contributed by atoms with E-state index in [1.165, 1.54) is 39.2 Å². The van der Waals surface area contributed by atoms with Crippen LogP contribution in [0.5, 0.6) is 0 Å². The normalized spacial score (nSPS) is 21.1. The molecular weight excluding hydrogens is 166 g/mol. The number of hydrogen-bond acceptors (Lipinski definition) is 3. The summed E-state index contributed by atoms with van der Waals surface area (Å²) in [5, 5.41) is 7.58.